The van der Waals surface area contributed by atoms with Crippen LogP contribution in [0.25, 0.3) is 0 Å². The van der Waals surface area contributed by atoms with Crippen LogP contribution in [0.3, 0.4) is 0 Å². The van der Waals surface area contributed by atoms with Crippen molar-refractivity contribution in [3.8, 4) is 5.75 Å². The molecule has 0 aromatic heterocycles. The van der Waals surface area contributed by atoms with Crippen LogP contribution in [0.2, 0.25) is 0 Å². The predicted molar refractivity (Wildman–Crippen MR) is 91.8 cm³/mol. The standard InChI is InChI=1S/C19H20FNO3S/c20-17-10-16(25(22,23)15-4-2-1-3-5-15)8-9-18(17)24-19-13-6-7-14(19)12-21-11-13/h1-5,8-10,13-14,19,21H,6-7,11-12H2. The molecule has 0 spiro atoms. The van der Waals surface area contributed by atoms with Crippen LogP contribution in [0.4, 0.5) is 4.39 Å². The molecule has 2 atom stereocenters. The van der Waals surface area contributed by atoms with Gasteiger partial charge in [-0.15, -0.1) is 0 Å². The molecule has 25 heavy (non-hydrogen) atoms. The van der Waals surface area contributed by atoms with E-state index in [1.165, 1.54) is 24.3 Å². The Hall–Kier alpha value is -1.92. The van der Waals surface area contributed by atoms with Crippen molar-refractivity contribution in [3.63, 3.8) is 0 Å². The lowest BCUT2D eigenvalue weighted by Crippen LogP contribution is -2.44. The highest BCUT2D eigenvalue weighted by molar-refractivity contribution is 7.91. The van der Waals surface area contributed by atoms with Crippen molar-refractivity contribution in [1.82, 2.24) is 5.32 Å². The second-order valence-electron chi connectivity index (χ2n) is 6.75. The Kier molecular flexibility index (Phi) is 4.25. The van der Waals surface area contributed by atoms with Crippen molar-refractivity contribution in [3.05, 3.63) is 54.3 Å². The van der Waals surface area contributed by atoms with Gasteiger partial charge in [0.15, 0.2) is 11.6 Å². The molecule has 1 N–H and O–H groups in total. The number of hydrogen-bond acceptors (Lipinski definition) is 4. The van der Waals surface area contributed by atoms with Gasteiger partial charge < -0.3 is 10.1 Å². The lowest BCUT2D eigenvalue weighted by molar-refractivity contribution is 0.0889. The largest absolute Gasteiger partial charge is 0.487 e. The monoisotopic (exact) mass is 361 g/mol. The van der Waals surface area contributed by atoms with Crippen LogP contribution < -0.4 is 10.1 Å². The molecule has 0 radical (unpaired) electrons. The second kappa shape index (κ2) is 6.42. The van der Waals surface area contributed by atoms with E-state index in [4.69, 9.17) is 4.74 Å². The summed E-state index contributed by atoms with van der Waals surface area (Å²) in [7, 11) is -3.73. The van der Waals surface area contributed by atoms with Gasteiger partial charge in [0.25, 0.3) is 0 Å². The van der Waals surface area contributed by atoms with Gasteiger partial charge in [-0.2, -0.15) is 0 Å². The summed E-state index contributed by atoms with van der Waals surface area (Å²) < 4.78 is 45.6. The fourth-order valence-electron chi connectivity index (χ4n) is 3.85. The van der Waals surface area contributed by atoms with Crippen LogP contribution in [0.5, 0.6) is 5.75 Å². The molecule has 0 amide bonds. The Morgan fingerprint density at radius 2 is 1.64 bits per heavy atom. The second-order valence-corrected chi connectivity index (χ2v) is 8.70. The van der Waals surface area contributed by atoms with Crippen molar-refractivity contribution < 1.29 is 17.5 Å². The van der Waals surface area contributed by atoms with Crippen LogP contribution in [0, 0.1) is 17.7 Å². The summed E-state index contributed by atoms with van der Waals surface area (Å²) in [5, 5.41) is 3.37. The molecule has 2 aliphatic rings. The topological polar surface area (TPSA) is 55.4 Å². The molecular weight excluding hydrogens is 341 g/mol. The number of fused-ring (bicyclic) bond motifs is 2. The molecule has 1 aliphatic carbocycles. The predicted octanol–water partition coefficient (Wildman–Crippen LogP) is 3.04. The molecule has 2 fully saturated rings. The molecule has 2 aromatic carbocycles. The van der Waals surface area contributed by atoms with Gasteiger partial charge in [-0.3, -0.25) is 0 Å². The molecule has 2 unspecified atom stereocenters. The maximum absolute atomic E-state index is 14.5. The first kappa shape index (κ1) is 16.5. The first-order valence-corrected chi connectivity index (χ1v) is 10.0. The number of halogens is 1. The smallest absolute Gasteiger partial charge is 0.206 e. The molecule has 1 heterocycles. The van der Waals surface area contributed by atoms with E-state index in [-0.39, 0.29) is 21.6 Å². The van der Waals surface area contributed by atoms with Crippen LogP contribution in [0.15, 0.2) is 58.3 Å². The van der Waals surface area contributed by atoms with E-state index in [0.717, 1.165) is 32.0 Å². The van der Waals surface area contributed by atoms with E-state index in [0.29, 0.717) is 11.8 Å². The molecule has 2 aromatic rings. The number of hydrogen-bond donors (Lipinski definition) is 1. The van der Waals surface area contributed by atoms with Gasteiger partial charge in [-0.1, -0.05) is 18.2 Å². The summed E-state index contributed by atoms with van der Waals surface area (Å²) in [4.78, 5) is 0.0938. The molecule has 6 heteroatoms. The zero-order valence-electron chi connectivity index (χ0n) is 13.7. The summed E-state index contributed by atoms with van der Waals surface area (Å²) in [6.45, 7) is 1.78. The zero-order chi connectivity index (χ0) is 17.4. The minimum Gasteiger partial charge on any atom is -0.487 e. The summed E-state index contributed by atoms with van der Waals surface area (Å²) in [6.07, 6.45) is 2.18. The van der Waals surface area contributed by atoms with E-state index in [1.54, 1.807) is 18.2 Å². The Morgan fingerprint density at radius 3 is 2.28 bits per heavy atom. The van der Waals surface area contributed by atoms with Gasteiger partial charge in [0.1, 0.15) is 6.10 Å². The third kappa shape index (κ3) is 3.04. The Morgan fingerprint density at radius 1 is 0.960 bits per heavy atom. The van der Waals surface area contributed by atoms with Crippen LogP contribution in [-0.2, 0) is 9.84 Å². The van der Waals surface area contributed by atoms with Gasteiger partial charge in [0.2, 0.25) is 9.84 Å². The summed E-state index contributed by atoms with van der Waals surface area (Å²) >= 11 is 0. The molecular formula is C19H20FNO3S. The average molecular weight is 361 g/mol. The van der Waals surface area contributed by atoms with E-state index < -0.39 is 15.7 Å². The molecule has 1 aliphatic heterocycles. The normalized spacial score (nSPS) is 25.7. The van der Waals surface area contributed by atoms with E-state index in [2.05, 4.69) is 5.32 Å². The third-order valence-electron chi connectivity index (χ3n) is 5.18. The number of sulfone groups is 1. The molecule has 2 bridgehead atoms. The van der Waals surface area contributed by atoms with Gasteiger partial charge in [0, 0.05) is 24.9 Å². The highest BCUT2D eigenvalue weighted by Gasteiger charge is 2.41. The van der Waals surface area contributed by atoms with Crippen LogP contribution >= 0.6 is 0 Å². The highest BCUT2D eigenvalue weighted by atomic mass is 32.2. The fourth-order valence-corrected chi connectivity index (χ4v) is 5.14. The van der Waals surface area contributed by atoms with Crippen molar-refractivity contribution in [2.24, 2.45) is 11.8 Å². The van der Waals surface area contributed by atoms with Gasteiger partial charge in [0.05, 0.1) is 9.79 Å². The molecule has 1 saturated heterocycles. The minimum absolute atomic E-state index is 0.00679. The molecule has 4 nitrogen and oxygen atoms in total. The first-order valence-electron chi connectivity index (χ1n) is 8.53. The van der Waals surface area contributed by atoms with Gasteiger partial charge in [-0.25, -0.2) is 12.8 Å². The fraction of sp³-hybridized carbons (Fsp3) is 0.368. The maximum Gasteiger partial charge on any atom is 0.206 e. The minimum atomic E-state index is -3.73. The molecule has 132 valence electrons. The number of benzene rings is 2. The summed E-state index contributed by atoms with van der Waals surface area (Å²) in [5.41, 5.74) is 0. The van der Waals surface area contributed by atoms with Crippen molar-refractivity contribution in [1.29, 1.82) is 0 Å². The molecule has 4 rings (SSSR count). The van der Waals surface area contributed by atoms with Crippen molar-refractivity contribution in [2.75, 3.05) is 13.1 Å². The summed E-state index contributed by atoms with van der Waals surface area (Å²) in [6, 6.07) is 12.0. The number of piperidine rings is 1. The van der Waals surface area contributed by atoms with E-state index in [9.17, 15) is 12.8 Å². The SMILES string of the molecule is O=S(=O)(c1ccccc1)c1ccc(OC2C3CCC2CNC3)c(F)c1. The quantitative estimate of drug-likeness (QED) is 0.909. The number of rotatable bonds is 4. The first-order chi connectivity index (χ1) is 12.1. The Bertz CT molecular complexity index is 853. The van der Waals surface area contributed by atoms with Gasteiger partial charge >= 0.3 is 0 Å². The third-order valence-corrected chi connectivity index (χ3v) is 6.95. The van der Waals surface area contributed by atoms with Crippen LogP contribution in [-0.4, -0.2) is 27.6 Å². The number of nitrogens with one attached hydrogen (secondary N) is 1. The maximum atomic E-state index is 14.5. The Labute approximate surface area is 146 Å². The van der Waals surface area contributed by atoms with Gasteiger partial charge in [-0.05, 0) is 43.2 Å². The van der Waals surface area contributed by atoms with Crippen LogP contribution in [0.1, 0.15) is 12.8 Å². The van der Waals surface area contributed by atoms with E-state index >= 15 is 0 Å². The Balaban J connectivity index is 1.59. The lowest BCUT2D eigenvalue weighted by Gasteiger charge is -2.31. The lowest BCUT2D eigenvalue weighted by atomic mass is 9.96. The molecule has 1 saturated carbocycles. The van der Waals surface area contributed by atoms with Crippen molar-refractivity contribution in [2.45, 2.75) is 28.7 Å². The van der Waals surface area contributed by atoms with E-state index in [1.807, 2.05) is 0 Å². The highest BCUT2D eigenvalue weighted by Crippen LogP contribution is 2.37. The van der Waals surface area contributed by atoms with Crippen molar-refractivity contribution >= 4 is 9.84 Å². The zero-order valence-corrected chi connectivity index (χ0v) is 14.5. The summed E-state index contributed by atoms with van der Waals surface area (Å²) in [5.74, 6) is 0.294. The number of ether oxygens (including phenoxy) is 1. The average Bonchev–Trinajstić information content (AvgIpc) is 2.84.